The minimum atomic E-state index is -0.185. The zero-order valence-electron chi connectivity index (χ0n) is 9.95. The van der Waals surface area contributed by atoms with Crippen LogP contribution in [0.5, 0.6) is 0 Å². The smallest absolute Gasteiger partial charge is 0.264 e. The molecule has 2 rings (SSSR count). The SMILES string of the molecule is CCNc1ccc(-c2ccc(=O)[nH]n2)cc1C. The quantitative estimate of drug-likeness (QED) is 0.848. The maximum Gasteiger partial charge on any atom is 0.264 e. The van der Waals surface area contributed by atoms with Gasteiger partial charge in [-0.3, -0.25) is 4.79 Å². The number of hydrogen-bond acceptors (Lipinski definition) is 3. The third-order valence-corrected chi connectivity index (χ3v) is 2.57. The molecule has 0 spiro atoms. The number of hydrogen-bond donors (Lipinski definition) is 2. The van der Waals surface area contributed by atoms with E-state index in [2.05, 4.69) is 28.5 Å². The first-order chi connectivity index (χ1) is 8.20. The highest BCUT2D eigenvalue weighted by Gasteiger charge is 2.02. The van der Waals surface area contributed by atoms with Gasteiger partial charge in [-0.05, 0) is 37.6 Å². The molecule has 4 heteroatoms. The van der Waals surface area contributed by atoms with Crippen molar-refractivity contribution in [2.75, 3.05) is 11.9 Å². The molecule has 0 bridgehead atoms. The first-order valence-electron chi connectivity index (χ1n) is 5.61. The standard InChI is InChI=1S/C13H15N3O/c1-3-14-11-5-4-10(8-9(11)2)12-6-7-13(17)16-15-12/h4-8,14H,3H2,1-2H3,(H,16,17). The molecule has 88 valence electrons. The van der Waals surface area contributed by atoms with Crippen LogP contribution in [0.2, 0.25) is 0 Å². The Morgan fingerprint density at radius 3 is 2.71 bits per heavy atom. The van der Waals surface area contributed by atoms with Crippen molar-refractivity contribution in [2.45, 2.75) is 13.8 Å². The summed E-state index contributed by atoms with van der Waals surface area (Å²) in [6, 6.07) is 9.28. The van der Waals surface area contributed by atoms with Crippen molar-refractivity contribution >= 4 is 5.69 Å². The van der Waals surface area contributed by atoms with Crippen molar-refractivity contribution in [3.63, 3.8) is 0 Å². The van der Waals surface area contributed by atoms with Gasteiger partial charge in [0.2, 0.25) is 0 Å². The molecule has 2 N–H and O–H groups in total. The predicted octanol–water partition coefficient (Wildman–Crippen LogP) is 2.18. The molecule has 0 radical (unpaired) electrons. The molecule has 1 heterocycles. The molecule has 0 unspecified atom stereocenters. The first-order valence-corrected chi connectivity index (χ1v) is 5.61. The van der Waals surface area contributed by atoms with E-state index in [0.717, 1.165) is 29.1 Å². The van der Waals surface area contributed by atoms with Crippen LogP contribution in [0.4, 0.5) is 5.69 Å². The van der Waals surface area contributed by atoms with Gasteiger partial charge in [0.15, 0.2) is 0 Å². The van der Waals surface area contributed by atoms with Gasteiger partial charge in [0.1, 0.15) is 0 Å². The van der Waals surface area contributed by atoms with Crippen LogP contribution in [-0.4, -0.2) is 16.7 Å². The molecule has 0 saturated carbocycles. The lowest BCUT2D eigenvalue weighted by molar-refractivity contribution is 0.995. The van der Waals surface area contributed by atoms with Crippen LogP contribution in [0.25, 0.3) is 11.3 Å². The maximum atomic E-state index is 10.9. The minimum Gasteiger partial charge on any atom is -0.385 e. The number of benzene rings is 1. The highest BCUT2D eigenvalue weighted by atomic mass is 16.1. The largest absolute Gasteiger partial charge is 0.385 e. The monoisotopic (exact) mass is 229 g/mol. The average Bonchev–Trinajstić information content (AvgIpc) is 2.33. The highest BCUT2D eigenvalue weighted by molar-refractivity contribution is 5.65. The van der Waals surface area contributed by atoms with E-state index in [9.17, 15) is 4.79 Å². The normalized spacial score (nSPS) is 10.2. The summed E-state index contributed by atoms with van der Waals surface area (Å²) < 4.78 is 0. The number of anilines is 1. The van der Waals surface area contributed by atoms with E-state index in [4.69, 9.17) is 0 Å². The van der Waals surface area contributed by atoms with Crippen molar-refractivity contribution in [3.05, 3.63) is 46.2 Å². The predicted molar refractivity (Wildman–Crippen MR) is 69.2 cm³/mol. The van der Waals surface area contributed by atoms with Gasteiger partial charge in [-0.25, -0.2) is 5.10 Å². The van der Waals surface area contributed by atoms with Gasteiger partial charge in [0, 0.05) is 23.9 Å². The Hall–Kier alpha value is -2.10. The molecule has 1 aromatic carbocycles. The molecule has 0 aliphatic heterocycles. The van der Waals surface area contributed by atoms with Crippen molar-refractivity contribution in [3.8, 4) is 11.3 Å². The zero-order valence-corrected chi connectivity index (χ0v) is 9.95. The van der Waals surface area contributed by atoms with Gasteiger partial charge >= 0.3 is 0 Å². The number of nitrogens with one attached hydrogen (secondary N) is 2. The average molecular weight is 229 g/mol. The van der Waals surface area contributed by atoms with E-state index in [0.29, 0.717) is 0 Å². The lowest BCUT2D eigenvalue weighted by Crippen LogP contribution is -2.05. The van der Waals surface area contributed by atoms with Gasteiger partial charge < -0.3 is 5.32 Å². The second kappa shape index (κ2) is 4.82. The molecule has 0 saturated heterocycles. The highest BCUT2D eigenvalue weighted by Crippen LogP contribution is 2.22. The Labute approximate surface area is 99.7 Å². The summed E-state index contributed by atoms with van der Waals surface area (Å²) >= 11 is 0. The van der Waals surface area contributed by atoms with Crippen molar-refractivity contribution in [1.82, 2.24) is 10.2 Å². The molecule has 0 fully saturated rings. The van der Waals surface area contributed by atoms with Crippen LogP contribution in [0, 0.1) is 6.92 Å². The zero-order chi connectivity index (χ0) is 12.3. The number of aromatic amines is 1. The van der Waals surface area contributed by atoms with Gasteiger partial charge in [0.25, 0.3) is 5.56 Å². The molecule has 2 aromatic rings. The molecule has 0 aliphatic rings. The number of aryl methyl sites for hydroxylation is 1. The summed E-state index contributed by atoms with van der Waals surface area (Å²) in [6.45, 7) is 5.01. The summed E-state index contributed by atoms with van der Waals surface area (Å²) in [6.07, 6.45) is 0. The van der Waals surface area contributed by atoms with E-state index in [1.54, 1.807) is 6.07 Å². The van der Waals surface area contributed by atoms with Gasteiger partial charge in [0.05, 0.1) is 5.69 Å². The van der Waals surface area contributed by atoms with Gasteiger partial charge in [-0.15, -0.1) is 0 Å². The fraction of sp³-hybridized carbons (Fsp3) is 0.231. The topological polar surface area (TPSA) is 57.8 Å². The third-order valence-electron chi connectivity index (χ3n) is 2.57. The van der Waals surface area contributed by atoms with Crippen LogP contribution in [0.15, 0.2) is 35.1 Å². The van der Waals surface area contributed by atoms with Crippen LogP contribution in [0.3, 0.4) is 0 Å². The van der Waals surface area contributed by atoms with E-state index in [1.165, 1.54) is 6.07 Å². The number of aromatic nitrogens is 2. The number of H-pyrrole nitrogens is 1. The third kappa shape index (κ3) is 2.53. The molecule has 0 aliphatic carbocycles. The second-order valence-corrected chi connectivity index (χ2v) is 3.87. The molecule has 0 atom stereocenters. The van der Waals surface area contributed by atoms with E-state index >= 15 is 0 Å². The van der Waals surface area contributed by atoms with Crippen LogP contribution in [-0.2, 0) is 0 Å². The Bertz CT molecular complexity index is 555. The van der Waals surface area contributed by atoms with Gasteiger partial charge in [-0.1, -0.05) is 6.07 Å². The Morgan fingerprint density at radius 2 is 2.12 bits per heavy atom. The fourth-order valence-electron chi connectivity index (χ4n) is 1.72. The van der Waals surface area contributed by atoms with Gasteiger partial charge in [-0.2, -0.15) is 5.10 Å². The lowest BCUT2D eigenvalue weighted by atomic mass is 10.1. The van der Waals surface area contributed by atoms with Crippen molar-refractivity contribution < 1.29 is 0 Å². The summed E-state index contributed by atoms with van der Waals surface area (Å²) in [5.41, 5.74) is 3.88. The fourth-order valence-corrected chi connectivity index (χ4v) is 1.72. The van der Waals surface area contributed by atoms with Crippen LogP contribution < -0.4 is 10.9 Å². The van der Waals surface area contributed by atoms with Crippen molar-refractivity contribution in [2.24, 2.45) is 0 Å². The summed E-state index contributed by atoms with van der Waals surface area (Å²) in [4.78, 5) is 10.9. The van der Waals surface area contributed by atoms with E-state index in [1.807, 2.05) is 19.1 Å². The van der Waals surface area contributed by atoms with E-state index < -0.39 is 0 Å². The summed E-state index contributed by atoms with van der Waals surface area (Å²) in [7, 11) is 0. The second-order valence-electron chi connectivity index (χ2n) is 3.87. The molecule has 1 aromatic heterocycles. The number of rotatable bonds is 3. The molecular formula is C13H15N3O. The Kier molecular flexibility index (Phi) is 3.23. The lowest BCUT2D eigenvalue weighted by Gasteiger charge is -2.09. The Balaban J connectivity index is 2.37. The molecule has 0 amide bonds. The summed E-state index contributed by atoms with van der Waals surface area (Å²) in [5.74, 6) is 0. The molecular weight excluding hydrogens is 214 g/mol. The van der Waals surface area contributed by atoms with Crippen molar-refractivity contribution in [1.29, 1.82) is 0 Å². The maximum absolute atomic E-state index is 10.9. The van der Waals surface area contributed by atoms with Crippen LogP contribution in [0.1, 0.15) is 12.5 Å². The number of nitrogens with zero attached hydrogens (tertiary/aromatic N) is 1. The van der Waals surface area contributed by atoms with Crippen LogP contribution >= 0.6 is 0 Å². The minimum absolute atomic E-state index is 0.185. The Morgan fingerprint density at radius 1 is 1.29 bits per heavy atom. The van der Waals surface area contributed by atoms with E-state index in [-0.39, 0.29) is 5.56 Å². The molecule has 4 nitrogen and oxygen atoms in total. The molecule has 17 heavy (non-hydrogen) atoms. The first kappa shape index (κ1) is 11.4. The summed E-state index contributed by atoms with van der Waals surface area (Å²) in [5, 5.41) is 9.73.